The van der Waals surface area contributed by atoms with Crippen LogP contribution in [0.1, 0.15) is 122 Å². The van der Waals surface area contributed by atoms with Crippen LogP contribution in [0.25, 0.3) is 0 Å². The van der Waals surface area contributed by atoms with E-state index in [1.165, 1.54) is 103 Å². The molecule has 0 N–H and O–H groups in total. The SMILES string of the molecule is [CH2]CC=CCCCCCCCC(CC)CCCCCCCCC[CH2]. The van der Waals surface area contributed by atoms with Gasteiger partial charge in [-0.3, -0.25) is 0 Å². The molecule has 0 nitrogen and oxygen atoms in total. The van der Waals surface area contributed by atoms with Gasteiger partial charge in [-0.15, -0.1) is 0 Å². The number of hydrogen-bond donors (Lipinski definition) is 0. The molecule has 2 radical (unpaired) electrons. The molecule has 0 aliphatic rings. The zero-order valence-corrected chi connectivity index (χ0v) is 16.9. The summed E-state index contributed by atoms with van der Waals surface area (Å²) in [6.07, 6.45) is 29.2. The topological polar surface area (TPSA) is 0 Å². The van der Waals surface area contributed by atoms with Gasteiger partial charge >= 0.3 is 0 Å². The summed E-state index contributed by atoms with van der Waals surface area (Å²) in [6, 6.07) is 0. The van der Waals surface area contributed by atoms with Crippen molar-refractivity contribution in [3.05, 3.63) is 26.0 Å². The Kier molecular flexibility index (Phi) is 20.6. The van der Waals surface area contributed by atoms with Crippen LogP contribution in [0, 0.1) is 19.8 Å². The molecule has 0 aromatic carbocycles. The second kappa shape index (κ2) is 20.8. The largest absolute Gasteiger partial charge is 0.0885 e. The highest BCUT2D eigenvalue weighted by atomic mass is 14.1. The lowest BCUT2D eigenvalue weighted by molar-refractivity contribution is 0.392. The molecule has 0 aliphatic carbocycles. The summed E-state index contributed by atoms with van der Waals surface area (Å²) >= 11 is 0. The third-order valence-electron chi connectivity index (χ3n) is 5.26. The Bertz CT molecular complexity index is 240. The van der Waals surface area contributed by atoms with E-state index in [-0.39, 0.29) is 0 Å². The quantitative estimate of drug-likeness (QED) is 0.163. The Hall–Kier alpha value is -0.260. The predicted molar refractivity (Wildman–Crippen MR) is 112 cm³/mol. The van der Waals surface area contributed by atoms with Gasteiger partial charge in [-0.25, -0.2) is 0 Å². The van der Waals surface area contributed by atoms with Crippen molar-refractivity contribution in [1.29, 1.82) is 0 Å². The minimum absolute atomic E-state index is 0.939. The maximum Gasteiger partial charge on any atom is -0.0351 e. The van der Waals surface area contributed by atoms with Gasteiger partial charge < -0.3 is 0 Å². The van der Waals surface area contributed by atoms with Crippen molar-refractivity contribution in [2.75, 3.05) is 0 Å². The highest BCUT2D eigenvalue weighted by Crippen LogP contribution is 2.21. The average Bonchev–Trinajstić information content (AvgIpc) is 2.60. The van der Waals surface area contributed by atoms with Gasteiger partial charge in [0.15, 0.2) is 0 Å². The molecule has 0 saturated carbocycles. The van der Waals surface area contributed by atoms with Crippen molar-refractivity contribution in [1.82, 2.24) is 0 Å². The van der Waals surface area contributed by atoms with Gasteiger partial charge in [-0.1, -0.05) is 122 Å². The summed E-state index contributed by atoms with van der Waals surface area (Å²) in [4.78, 5) is 0. The number of unbranched alkanes of at least 4 members (excludes halogenated alkanes) is 12. The van der Waals surface area contributed by atoms with Crippen molar-refractivity contribution in [3.63, 3.8) is 0 Å². The molecule has 0 amide bonds. The Labute approximate surface area is 154 Å². The molecule has 24 heavy (non-hydrogen) atoms. The van der Waals surface area contributed by atoms with E-state index in [0.29, 0.717) is 0 Å². The Morgan fingerprint density at radius 3 is 1.62 bits per heavy atom. The van der Waals surface area contributed by atoms with Gasteiger partial charge in [0, 0.05) is 0 Å². The standard InChI is InChI=1S/C24H46/c1-4-7-9-11-13-15-17-19-21-23-24(6-3)22-20-18-16-14-12-10-8-5-2/h7,9,24H,1-2,4-6,8,10-23H2,3H3. The molecule has 1 atom stereocenters. The Balaban J connectivity index is 3.32. The molecule has 0 aliphatic heterocycles. The first-order valence-electron chi connectivity index (χ1n) is 11.1. The Morgan fingerprint density at radius 1 is 0.625 bits per heavy atom. The van der Waals surface area contributed by atoms with Crippen LogP contribution in [-0.4, -0.2) is 0 Å². The zero-order chi connectivity index (χ0) is 17.7. The molecule has 0 heterocycles. The van der Waals surface area contributed by atoms with Crippen molar-refractivity contribution in [2.45, 2.75) is 122 Å². The molecule has 0 rings (SSSR count). The monoisotopic (exact) mass is 334 g/mol. The minimum Gasteiger partial charge on any atom is -0.0885 e. The fraction of sp³-hybridized carbons (Fsp3) is 0.833. The first-order valence-corrected chi connectivity index (χ1v) is 11.1. The van der Waals surface area contributed by atoms with Crippen LogP contribution in [0.15, 0.2) is 12.2 Å². The van der Waals surface area contributed by atoms with E-state index >= 15 is 0 Å². The van der Waals surface area contributed by atoms with Gasteiger partial charge in [0.1, 0.15) is 0 Å². The van der Waals surface area contributed by atoms with E-state index in [4.69, 9.17) is 0 Å². The molecule has 0 spiro atoms. The number of rotatable bonds is 19. The molecule has 0 heteroatoms. The highest BCUT2D eigenvalue weighted by molar-refractivity contribution is 4.81. The fourth-order valence-electron chi connectivity index (χ4n) is 3.51. The van der Waals surface area contributed by atoms with Crippen molar-refractivity contribution >= 4 is 0 Å². The second-order valence-electron chi connectivity index (χ2n) is 7.50. The summed E-state index contributed by atoms with van der Waals surface area (Å²) in [5, 5.41) is 0. The first kappa shape index (κ1) is 23.7. The normalized spacial score (nSPS) is 13.0. The highest BCUT2D eigenvalue weighted by Gasteiger charge is 2.05. The molecule has 0 saturated heterocycles. The van der Waals surface area contributed by atoms with Crippen LogP contribution in [0.2, 0.25) is 0 Å². The lowest BCUT2D eigenvalue weighted by Gasteiger charge is -2.14. The van der Waals surface area contributed by atoms with Gasteiger partial charge in [0.2, 0.25) is 0 Å². The lowest BCUT2D eigenvalue weighted by Crippen LogP contribution is -1.99. The third-order valence-corrected chi connectivity index (χ3v) is 5.26. The molecule has 0 aromatic rings. The van der Waals surface area contributed by atoms with Crippen LogP contribution in [0.5, 0.6) is 0 Å². The van der Waals surface area contributed by atoms with E-state index < -0.39 is 0 Å². The third kappa shape index (κ3) is 18.1. The summed E-state index contributed by atoms with van der Waals surface area (Å²) in [7, 11) is 0. The fourth-order valence-corrected chi connectivity index (χ4v) is 3.51. The molecular weight excluding hydrogens is 288 g/mol. The predicted octanol–water partition coefficient (Wildman–Crippen LogP) is 8.87. The molecule has 142 valence electrons. The van der Waals surface area contributed by atoms with Gasteiger partial charge in [-0.2, -0.15) is 0 Å². The first-order chi connectivity index (χ1) is 11.8. The molecule has 0 aromatic heterocycles. The molecular formula is C24H46. The van der Waals surface area contributed by atoms with E-state index in [1.54, 1.807) is 0 Å². The van der Waals surface area contributed by atoms with Crippen LogP contribution in [0.3, 0.4) is 0 Å². The van der Waals surface area contributed by atoms with Crippen molar-refractivity contribution in [2.24, 2.45) is 5.92 Å². The second-order valence-corrected chi connectivity index (χ2v) is 7.50. The average molecular weight is 335 g/mol. The summed E-state index contributed by atoms with van der Waals surface area (Å²) in [6.45, 7) is 10.1. The van der Waals surface area contributed by atoms with Crippen LogP contribution >= 0.6 is 0 Å². The van der Waals surface area contributed by atoms with E-state index in [2.05, 4.69) is 32.9 Å². The van der Waals surface area contributed by atoms with Crippen LogP contribution in [-0.2, 0) is 0 Å². The van der Waals surface area contributed by atoms with Gasteiger partial charge in [0.05, 0.1) is 0 Å². The van der Waals surface area contributed by atoms with E-state index in [9.17, 15) is 0 Å². The zero-order valence-electron chi connectivity index (χ0n) is 16.9. The number of hydrogen-bond acceptors (Lipinski definition) is 0. The van der Waals surface area contributed by atoms with E-state index in [0.717, 1.165) is 18.8 Å². The number of allylic oxidation sites excluding steroid dienone is 2. The molecule has 0 bridgehead atoms. The maximum atomic E-state index is 3.91. The molecule has 1 unspecified atom stereocenters. The van der Waals surface area contributed by atoms with Crippen LogP contribution < -0.4 is 0 Å². The summed E-state index contributed by atoms with van der Waals surface area (Å²) in [5.74, 6) is 0.996. The van der Waals surface area contributed by atoms with Crippen LogP contribution in [0.4, 0.5) is 0 Å². The maximum absolute atomic E-state index is 3.91. The Morgan fingerprint density at radius 2 is 1.12 bits per heavy atom. The van der Waals surface area contributed by atoms with Crippen molar-refractivity contribution in [3.8, 4) is 0 Å². The minimum atomic E-state index is 0.939. The van der Waals surface area contributed by atoms with E-state index in [1.807, 2.05) is 0 Å². The molecule has 0 fully saturated rings. The lowest BCUT2D eigenvalue weighted by atomic mass is 9.92. The van der Waals surface area contributed by atoms with Gasteiger partial charge in [0.25, 0.3) is 0 Å². The van der Waals surface area contributed by atoms with Crippen molar-refractivity contribution < 1.29 is 0 Å². The summed E-state index contributed by atoms with van der Waals surface area (Å²) in [5.41, 5.74) is 0. The summed E-state index contributed by atoms with van der Waals surface area (Å²) < 4.78 is 0. The smallest absolute Gasteiger partial charge is 0.0351 e. The van der Waals surface area contributed by atoms with Gasteiger partial charge in [-0.05, 0) is 32.1 Å².